The number of nitrogens with one attached hydrogen (secondary N) is 1. The normalized spacial score (nSPS) is 11.0. The number of hydrogen-bond donors (Lipinski definition) is 1. The smallest absolute Gasteiger partial charge is 0.258 e. The highest BCUT2D eigenvalue weighted by molar-refractivity contribution is 9.10. The van der Waals surface area contributed by atoms with Crippen molar-refractivity contribution in [1.82, 2.24) is 4.98 Å². The number of thiazole rings is 1. The largest absolute Gasteiger partial charge is 0.298 e. The number of amides is 1. The lowest BCUT2D eigenvalue weighted by Gasteiger charge is -2.03. The molecule has 1 amide bonds. The maximum absolute atomic E-state index is 12.4. The lowest BCUT2D eigenvalue weighted by molar-refractivity contribution is 0.102. The quantitative estimate of drug-likeness (QED) is 0.499. The molecule has 0 aliphatic carbocycles. The van der Waals surface area contributed by atoms with E-state index in [0.717, 1.165) is 25.5 Å². The van der Waals surface area contributed by atoms with Crippen LogP contribution in [0.25, 0.3) is 21.0 Å². The van der Waals surface area contributed by atoms with Gasteiger partial charge in [-0.3, -0.25) is 10.1 Å². The van der Waals surface area contributed by atoms with Gasteiger partial charge in [0.05, 0.1) is 15.8 Å². The molecule has 0 saturated carbocycles. The monoisotopic (exact) mass is 382 g/mol. The molecule has 0 atom stereocenters. The zero-order valence-corrected chi connectivity index (χ0v) is 14.3. The van der Waals surface area contributed by atoms with Gasteiger partial charge >= 0.3 is 0 Å². The minimum atomic E-state index is -0.166. The number of rotatable bonds is 2. The molecule has 4 aromatic rings. The number of carbonyl (C=O) groups is 1. The summed E-state index contributed by atoms with van der Waals surface area (Å²) in [6, 6.07) is 19.6. The molecule has 0 saturated heterocycles. The number of hydrogen-bond acceptors (Lipinski definition) is 3. The van der Waals surface area contributed by atoms with Gasteiger partial charge in [-0.2, -0.15) is 0 Å². The summed E-state index contributed by atoms with van der Waals surface area (Å²) in [4.78, 5) is 17.0. The van der Waals surface area contributed by atoms with Gasteiger partial charge in [-0.15, -0.1) is 0 Å². The molecule has 1 N–H and O–H groups in total. The molecule has 3 aromatic carbocycles. The van der Waals surface area contributed by atoms with Gasteiger partial charge in [0.15, 0.2) is 5.13 Å². The summed E-state index contributed by atoms with van der Waals surface area (Å²) >= 11 is 4.88. The Kier molecular flexibility index (Phi) is 3.59. The Morgan fingerprint density at radius 1 is 1.00 bits per heavy atom. The van der Waals surface area contributed by atoms with E-state index in [-0.39, 0.29) is 5.91 Å². The van der Waals surface area contributed by atoms with E-state index in [0.29, 0.717) is 10.7 Å². The molecule has 0 spiro atoms. The van der Waals surface area contributed by atoms with Crippen molar-refractivity contribution in [2.45, 2.75) is 0 Å². The summed E-state index contributed by atoms with van der Waals surface area (Å²) in [5.41, 5.74) is 1.52. The van der Waals surface area contributed by atoms with Crippen LogP contribution in [-0.2, 0) is 0 Å². The highest BCUT2D eigenvalue weighted by Gasteiger charge is 2.13. The molecule has 0 radical (unpaired) electrons. The number of nitrogens with zero attached hydrogens (tertiary/aromatic N) is 1. The second-order valence-electron chi connectivity index (χ2n) is 5.09. The SMILES string of the molecule is O=C(Nc1nc2c(ccc3ccccc32)s1)c1ccccc1Br. The lowest BCUT2D eigenvalue weighted by Crippen LogP contribution is -2.12. The van der Waals surface area contributed by atoms with Crippen molar-refractivity contribution in [3.8, 4) is 0 Å². The van der Waals surface area contributed by atoms with Gasteiger partial charge in [-0.1, -0.05) is 53.8 Å². The van der Waals surface area contributed by atoms with E-state index in [2.05, 4.69) is 44.4 Å². The van der Waals surface area contributed by atoms with E-state index in [4.69, 9.17) is 0 Å². The van der Waals surface area contributed by atoms with Crippen LogP contribution in [0.1, 0.15) is 10.4 Å². The van der Waals surface area contributed by atoms with Gasteiger partial charge in [0, 0.05) is 9.86 Å². The van der Waals surface area contributed by atoms with Gasteiger partial charge in [-0.25, -0.2) is 4.98 Å². The fourth-order valence-electron chi connectivity index (χ4n) is 2.52. The Balaban J connectivity index is 1.74. The number of aromatic nitrogens is 1. The second-order valence-corrected chi connectivity index (χ2v) is 6.97. The summed E-state index contributed by atoms with van der Waals surface area (Å²) in [5, 5.41) is 5.75. The number of carbonyl (C=O) groups excluding carboxylic acids is 1. The number of fused-ring (bicyclic) bond motifs is 3. The molecular weight excluding hydrogens is 372 g/mol. The molecule has 4 rings (SSSR count). The minimum Gasteiger partial charge on any atom is -0.298 e. The van der Waals surface area contributed by atoms with Crippen LogP contribution in [0.3, 0.4) is 0 Å². The van der Waals surface area contributed by atoms with E-state index in [1.807, 2.05) is 36.4 Å². The van der Waals surface area contributed by atoms with E-state index in [1.165, 1.54) is 11.3 Å². The molecule has 1 heterocycles. The molecule has 0 fully saturated rings. The first-order chi connectivity index (χ1) is 11.2. The molecule has 3 nitrogen and oxygen atoms in total. The molecule has 5 heteroatoms. The Morgan fingerprint density at radius 2 is 1.78 bits per heavy atom. The minimum absolute atomic E-state index is 0.166. The van der Waals surface area contributed by atoms with E-state index in [1.54, 1.807) is 6.07 Å². The fourth-order valence-corrected chi connectivity index (χ4v) is 3.87. The molecule has 1 aromatic heterocycles. The first kappa shape index (κ1) is 14.4. The highest BCUT2D eigenvalue weighted by atomic mass is 79.9. The molecule has 0 unspecified atom stereocenters. The average Bonchev–Trinajstić information content (AvgIpc) is 2.98. The molecule has 23 heavy (non-hydrogen) atoms. The molecular formula is C18H11BrN2OS. The average molecular weight is 383 g/mol. The summed E-state index contributed by atoms with van der Waals surface area (Å²) in [6.07, 6.45) is 0. The van der Waals surface area contributed by atoms with Crippen molar-refractivity contribution < 1.29 is 4.79 Å². The fraction of sp³-hybridized carbons (Fsp3) is 0. The maximum atomic E-state index is 12.4. The number of anilines is 1. The summed E-state index contributed by atoms with van der Waals surface area (Å²) in [6.45, 7) is 0. The van der Waals surface area contributed by atoms with Crippen LogP contribution in [0.15, 0.2) is 65.1 Å². The standard InChI is InChI=1S/C18H11BrN2OS/c19-14-8-4-3-7-13(14)17(22)21-18-20-16-12-6-2-1-5-11(12)9-10-15(16)23-18/h1-10H,(H,20,21,22). The topological polar surface area (TPSA) is 42.0 Å². The number of halogens is 1. The Bertz CT molecular complexity index is 1040. The summed E-state index contributed by atoms with van der Waals surface area (Å²) in [7, 11) is 0. The Morgan fingerprint density at radius 3 is 2.65 bits per heavy atom. The first-order valence-electron chi connectivity index (χ1n) is 7.06. The summed E-state index contributed by atoms with van der Waals surface area (Å²) in [5.74, 6) is -0.166. The molecule has 112 valence electrons. The van der Waals surface area contributed by atoms with Crippen molar-refractivity contribution in [2.24, 2.45) is 0 Å². The number of benzene rings is 3. The Hall–Kier alpha value is -2.24. The third-order valence-corrected chi connectivity index (χ3v) is 5.25. The van der Waals surface area contributed by atoms with Crippen LogP contribution in [0.4, 0.5) is 5.13 Å². The van der Waals surface area contributed by atoms with Crippen molar-refractivity contribution in [3.05, 3.63) is 70.7 Å². The third-order valence-electron chi connectivity index (χ3n) is 3.62. The van der Waals surface area contributed by atoms with Gasteiger partial charge in [0.1, 0.15) is 0 Å². The van der Waals surface area contributed by atoms with Crippen LogP contribution >= 0.6 is 27.3 Å². The van der Waals surface area contributed by atoms with E-state index < -0.39 is 0 Å². The molecule has 0 bridgehead atoms. The summed E-state index contributed by atoms with van der Waals surface area (Å²) < 4.78 is 1.83. The van der Waals surface area contributed by atoms with Gasteiger partial charge < -0.3 is 0 Å². The van der Waals surface area contributed by atoms with Crippen LogP contribution < -0.4 is 5.32 Å². The van der Waals surface area contributed by atoms with Crippen molar-refractivity contribution in [1.29, 1.82) is 0 Å². The van der Waals surface area contributed by atoms with Crippen molar-refractivity contribution in [3.63, 3.8) is 0 Å². The van der Waals surface area contributed by atoms with E-state index in [9.17, 15) is 4.79 Å². The van der Waals surface area contributed by atoms with Crippen LogP contribution in [-0.4, -0.2) is 10.9 Å². The van der Waals surface area contributed by atoms with Gasteiger partial charge in [0.25, 0.3) is 5.91 Å². The van der Waals surface area contributed by atoms with Gasteiger partial charge in [-0.05, 0) is 39.5 Å². The zero-order valence-electron chi connectivity index (χ0n) is 11.9. The van der Waals surface area contributed by atoms with Crippen LogP contribution in [0, 0.1) is 0 Å². The Labute approximate surface area is 145 Å². The second kappa shape index (κ2) is 5.76. The predicted molar refractivity (Wildman–Crippen MR) is 99.2 cm³/mol. The predicted octanol–water partition coefficient (Wildman–Crippen LogP) is 5.46. The van der Waals surface area contributed by atoms with Crippen LogP contribution in [0.2, 0.25) is 0 Å². The van der Waals surface area contributed by atoms with E-state index >= 15 is 0 Å². The molecule has 0 aliphatic rings. The third kappa shape index (κ3) is 2.62. The zero-order chi connectivity index (χ0) is 15.8. The van der Waals surface area contributed by atoms with Crippen molar-refractivity contribution >= 4 is 59.3 Å². The van der Waals surface area contributed by atoms with Gasteiger partial charge in [0.2, 0.25) is 0 Å². The highest BCUT2D eigenvalue weighted by Crippen LogP contribution is 2.32. The molecule has 0 aliphatic heterocycles. The lowest BCUT2D eigenvalue weighted by atomic mass is 10.1. The first-order valence-corrected chi connectivity index (χ1v) is 8.67. The van der Waals surface area contributed by atoms with Crippen molar-refractivity contribution in [2.75, 3.05) is 5.32 Å². The van der Waals surface area contributed by atoms with Crippen LogP contribution in [0.5, 0.6) is 0 Å². The maximum Gasteiger partial charge on any atom is 0.258 e.